The Balaban J connectivity index is 2.46. The van der Waals surface area contributed by atoms with Gasteiger partial charge in [0.15, 0.2) is 0 Å². The van der Waals surface area contributed by atoms with Crippen LogP contribution in [0.25, 0.3) is 0 Å². The van der Waals surface area contributed by atoms with Crippen molar-refractivity contribution in [2.75, 3.05) is 0 Å². The van der Waals surface area contributed by atoms with Crippen LogP contribution in [0, 0.1) is 0 Å². The zero-order chi connectivity index (χ0) is 9.26. The largest absolute Gasteiger partial charge is 0.388 e. The van der Waals surface area contributed by atoms with E-state index in [9.17, 15) is 9.90 Å². The molecule has 1 unspecified atom stereocenters. The van der Waals surface area contributed by atoms with E-state index < -0.39 is 0 Å². The molecule has 0 spiro atoms. The summed E-state index contributed by atoms with van der Waals surface area (Å²) >= 11 is 0. The zero-order valence-corrected chi connectivity index (χ0v) is 7.36. The van der Waals surface area contributed by atoms with Gasteiger partial charge in [-0.2, -0.15) is 0 Å². The lowest BCUT2D eigenvalue weighted by molar-refractivity contribution is 0.112. The first kappa shape index (κ1) is 8.45. The molecule has 2 heteroatoms. The number of aliphatic hydroxyl groups is 1. The van der Waals surface area contributed by atoms with E-state index >= 15 is 0 Å². The van der Waals surface area contributed by atoms with Crippen molar-refractivity contribution < 1.29 is 9.90 Å². The van der Waals surface area contributed by atoms with Crippen molar-refractivity contribution >= 4 is 6.29 Å². The second-order valence-electron chi connectivity index (χ2n) is 3.48. The van der Waals surface area contributed by atoms with Gasteiger partial charge in [-0.05, 0) is 36.5 Å². The van der Waals surface area contributed by atoms with Gasteiger partial charge in [-0.3, -0.25) is 4.79 Å². The molecule has 0 saturated heterocycles. The van der Waals surface area contributed by atoms with E-state index in [0.717, 1.165) is 31.1 Å². The first-order valence-corrected chi connectivity index (χ1v) is 4.57. The first-order valence-electron chi connectivity index (χ1n) is 4.57. The number of carbonyl (C=O) groups excluding carboxylic acids is 1. The molecule has 13 heavy (non-hydrogen) atoms. The van der Waals surface area contributed by atoms with E-state index in [0.29, 0.717) is 5.56 Å². The molecule has 1 aliphatic rings. The highest BCUT2D eigenvalue weighted by atomic mass is 16.3. The minimum atomic E-state index is -0.372. The Labute approximate surface area is 77.2 Å². The fourth-order valence-electron chi connectivity index (χ4n) is 1.87. The highest BCUT2D eigenvalue weighted by molar-refractivity contribution is 5.75. The topological polar surface area (TPSA) is 37.3 Å². The van der Waals surface area contributed by atoms with E-state index in [1.807, 2.05) is 12.1 Å². The second kappa shape index (κ2) is 3.30. The molecular weight excluding hydrogens is 164 g/mol. The van der Waals surface area contributed by atoms with Crippen molar-refractivity contribution in [1.82, 2.24) is 0 Å². The van der Waals surface area contributed by atoms with Crippen LogP contribution in [0.5, 0.6) is 0 Å². The van der Waals surface area contributed by atoms with Crippen LogP contribution in [-0.4, -0.2) is 11.4 Å². The monoisotopic (exact) mass is 176 g/mol. The normalized spacial score (nSPS) is 20.8. The second-order valence-corrected chi connectivity index (χ2v) is 3.48. The molecule has 0 heterocycles. The Kier molecular flexibility index (Phi) is 2.15. The van der Waals surface area contributed by atoms with Crippen molar-refractivity contribution in [3.8, 4) is 0 Å². The van der Waals surface area contributed by atoms with Gasteiger partial charge < -0.3 is 5.11 Å². The summed E-state index contributed by atoms with van der Waals surface area (Å²) in [4.78, 5) is 10.5. The molecule has 1 aromatic carbocycles. The molecule has 2 nitrogen and oxygen atoms in total. The molecule has 2 rings (SSSR count). The third-order valence-corrected chi connectivity index (χ3v) is 2.59. The van der Waals surface area contributed by atoms with E-state index in [-0.39, 0.29) is 6.10 Å². The number of fused-ring (bicyclic) bond motifs is 1. The van der Waals surface area contributed by atoms with E-state index in [2.05, 4.69) is 0 Å². The molecule has 0 fully saturated rings. The van der Waals surface area contributed by atoms with Gasteiger partial charge in [-0.1, -0.05) is 12.1 Å². The molecule has 68 valence electrons. The van der Waals surface area contributed by atoms with Gasteiger partial charge in [0.2, 0.25) is 0 Å². The van der Waals surface area contributed by atoms with Gasteiger partial charge >= 0.3 is 0 Å². The predicted molar refractivity (Wildman–Crippen MR) is 49.7 cm³/mol. The Morgan fingerprint density at radius 2 is 2.31 bits per heavy atom. The molecule has 0 aromatic heterocycles. The number of rotatable bonds is 1. The minimum Gasteiger partial charge on any atom is -0.388 e. The van der Waals surface area contributed by atoms with Crippen molar-refractivity contribution in [2.24, 2.45) is 0 Å². The van der Waals surface area contributed by atoms with Crippen molar-refractivity contribution in [2.45, 2.75) is 25.4 Å². The van der Waals surface area contributed by atoms with Gasteiger partial charge in [0.25, 0.3) is 0 Å². The predicted octanol–water partition coefficient (Wildman–Crippen LogP) is 1.87. The molecular formula is C11H12O2. The summed E-state index contributed by atoms with van der Waals surface area (Å²) in [5.41, 5.74) is 2.78. The minimum absolute atomic E-state index is 0.372. The molecule has 1 aliphatic carbocycles. The maximum Gasteiger partial charge on any atom is 0.150 e. The van der Waals surface area contributed by atoms with Gasteiger partial charge in [0, 0.05) is 5.56 Å². The number of hydrogen-bond donors (Lipinski definition) is 1. The highest BCUT2D eigenvalue weighted by Gasteiger charge is 2.17. The number of aryl methyl sites for hydroxylation is 1. The Bertz CT molecular complexity index is 331. The summed E-state index contributed by atoms with van der Waals surface area (Å²) in [6.07, 6.45) is 3.32. The van der Waals surface area contributed by atoms with Gasteiger partial charge in [0.1, 0.15) is 6.29 Å². The molecule has 0 aliphatic heterocycles. The fraction of sp³-hybridized carbons (Fsp3) is 0.364. The van der Waals surface area contributed by atoms with Crippen molar-refractivity contribution in [3.63, 3.8) is 0 Å². The molecule has 1 aromatic rings. The average molecular weight is 176 g/mol. The average Bonchev–Trinajstić information content (AvgIpc) is 2.18. The third kappa shape index (κ3) is 1.49. The van der Waals surface area contributed by atoms with E-state index in [1.165, 1.54) is 5.56 Å². The lowest BCUT2D eigenvalue weighted by Crippen LogP contribution is -2.09. The Morgan fingerprint density at radius 3 is 3.08 bits per heavy atom. The zero-order valence-electron chi connectivity index (χ0n) is 7.36. The lowest BCUT2D eigenvalue weighted by atomic mass is 9.88. The summed E-state index contributed by atoms with van der Waals surface area (Å²) in [6, 6.07) is 5.55. The van der Waals surface area contributed by atoms with Crippen LogP contribution in [0.1, 0.15) is 40.4 Å². The molecule has 1 N–H and O–H groups in total. The number of hydrogen-bond acceptors (Lipinski definition) is 2. The first-order chi connectivity index (χ1) is 6.31. The summed E-state index contributed by atoms with van der Waals surface area (Å²) in [7, 11) is 0. The van der Waals surface area contributed by atoms with Crippen LogP contribution < -0.4 is 0 Å². The van der Waals surface area contributed by atoms with E-state index in [4.69, 9.17) is 0 Å². The standard InChI is InChI=1S/C11H12O2/c12-7-8-4-5-9-2-1-3-11(13)10(9)6-8/h4-7,11,13H,1-3H2. The molecule has 0 saturated carbocycles. The van der Waals surface area contributed by atoms with Gasteiger partial charge in [0.05, 0.1) is 6.10 Å². The van der Waals surface area contributed by atoms with Crippen molar-refractivity contribution in [1.29, 1.82) is 0 Å². The molecule has 0 bridgehead atoms. The smallest absolute Gasteiger partial charge is 0.150 e. The fourth-order valence-corrected chi connectivity index (χ4v) is 1.87. The number of benzene rings is 1. The maximum atomic E-state index is 10.5. The maximum absolute atomic E-state index is 10.5. The van der Waals surface area contributed by atoms with Crippen molar-refractivity contribution in [3.05, 3.63) is 34.9 Å². The number of carbonyl (C=O) groups is 1. The molecule has 0 radical (unpaired) electrons. The summed E-state index contributed by atoms with van der Waals surface area (Å²) in [6.45, 7) is 0. The van der Waals surface area contributed by atoms with Crippen LogP contribution in [0.4, 0.5) is 0 Å². The quantitative estimate of drug-likeness (QED) is 0.663. The van der Waals surface area contributed by atoms with Crippen LogP contribution in [0.3, 0.4) is 0 Å². The van der Waals surface area contributed by atoms with E-state index in [1.54, 1.807) is 6.07 Å². The van der Waals surface area contributed by atoms with Gasteiger partial charge in [-0.25, -0.2) is 0 Å². The number of aldehydes is 1. The van der Waals surface area contributed by atoms with Crippen LogP contribution in [0.2, 0.25) is 0 Å². The Morgan fingerprint density at radius 1 is 1.46 bits per heavy atom. The SMILES string of the molecule is O=Cc1ccc2c(c1)C(O)CCC2. The lowest BCUT2D eigenvalue weighted by Gasteiger charge is -2.21. The number of aliphatic hydroxyl groups excluding tert-OH is 1. The summed E-state index contributed by atoms with van der Waals surface area (Å²) < 4.78 is 0. The molecule has 0 amide bonds. The van der Waals surface area contributed by atoms with Crippen LogP contribution in [-0.2, 0) is 6.42 Å². The third-order valence-electron chi connectivity index (χ3n) is 2.59. The summed E-state index contributed by atoms with van der Waals surface area (Å²) in [5, 5.41) is 9.67. The van der Waals surface area contributed by atoms with Gasteiger partial charge in [-0.15, -0.1) is 0 Å². The highest BCUT2D eigenvalue weighted by Crippen LogP contribution is 2.29. The summed E-state index contributed by atoms with van der Waals surface area (Å²) in [5.74, 6) is 0. The van der Waals surface area contributed by atoms with Crippen LogP contribution >= 0.6 is 0 Å². The Hall–Kier alpha value is -1.15. The molecule has 1 atom stereocenters. The van der Waals surface area contributed by atoms with Crippen LogP contribution in [0.15, 0.2) is 18.2 Å².